The van der Waals surface area contributed by atoms with Crippen LogP contribution in [-0.4, -0.2) is 35.3 Å². The Morgan fingerprint density at radius 1 is 0.930 bits per heavy atom. The second kappa shape index (κ2) is 14.0. The number of rotatable bonds is 11. The molecule has 7 nitrogen and oxygen atoms in total. The van der Waals surface area contributed by atoms with Gasteiger partial charge in [-0.15, -0.1) is 23.1 Å². The molecule has 1 amide bonds. The van der Waals surface area contributed by atoms with Crippen molar-refractivity contribution in [1.29, 1.82) is 5.26 Å². The number of carbonyl (C=O) groups is 1. The zero-order valence-corrected chi connectivity index (χ0v) is 25.7. The molecule has 0 unspecified atom stereocenters. The Labute approximate surface area is 259 Å². The fourth-order valence-corrected chi connectivity index (χ4v) is 6.06. The number of nitrogens with one attached hydrogen (secondary N) is 1. The summed E-state index contributed by atoms with van der Waals surface area (Å²) in [6.07, 6.45) is 0.238. The summed E-state index contributed by atoms with van der Waals surface area (Å²) in [7, 11) is 1.63. The maximum absolute atomic E-state index is 12.8. The highest BCUT2D eigenvalue weighted by Crippen LogP contribution is 2.35. The number of hydrogen-bond donors (Lipinski definition) is 1. The van der Waals surface area contributed by atoms with Crippen LogP contribution in [0.2, 0.25) is 0 Å². The molecule has 0 bridgehead atoms. The van der Waals surface area contributed by atoms with Gasteiger partial charge in [0.2, 0.25) is 5.91 Å². The number of amides is 1. The van der Waals surface area contributed by atoms with Crippen LogP contribution in [0.3, 0.4) is 0 Å². The van der Waals surface area contributed by atoms with Crippen LogP contribution in [0, 0.1) is 18.3 Å². The van der Waals surface area contributed by atoms with E-state index >= 15 is 0 Å². The second-order valence-electron chi connectivity index (χ2n) is 9.58. The third kappa shape index (κ3) is 7.41. The van der Waals surface area contributed by atoms with E-state index in [4.69, 9.17) is 14.5 Å². The third-order valence-electron chi connectivity index (χ3n) is 6.63. The van der Waals surface area contributed by atoms with E-state index in [-0.39, 0.29) is 12.3 Å². The predicted octanol–water partition coefficient (Wildman–Crippen LogP) is 8.25. The first kappa shape index (κ1) is 29.8. The van der Waals surface area contributed by atoms with Crippen molar-refractivity contribution in [3.63, 3.8) is 0 Å². The van der Waals surface area contributed by atoms with Gasteiger partial charge in [0.1, 0.15) is 22.6 Å². The molecular formula is C34H30N4O3S2. The number of thiazole rings is 1. The molecule has 43 heavy (non-hydrogen) atoms. The minimum atomic E-state index is -0.149. The molecule has 2 heterocycles. The number of aromatic nitrogens is 2. The van der Waals surface area contributed by atoms with Crippen molar-refractivity contribution in [3.8, 4) is 51.2 Å². The molecule has 9 heteroatoms. The highest BCUT2D eigenvalue weighted by atomic mass is 32.2. The molecule has 216 valence electrons. The lowest BCUT2D eigenvalue weighted by Gasteiger charge is -2.13. The number of thioether (sulfide) groups is 1. The van der Waals surface area contributed by atoms with Gasteiger partial charge in [-0.2, -0.15) is 5.26 Å². The number of hydrogen-bond acceptors (Lipinski definition) is 8. The highest BCUT2D eigenvalue weighted by Gasteiger charge is 2.17. The Balaban J connectivity index is 1.31. The molecule has 0 spiro atoms. The van der Waals surface area contributed by atoms with Crippen LogP contribution >= 0.6 is 23.1 Å². The van der Waals surface area contributed by atoms with Gasteiger partial charge in [0, 0.05) is 34.2 Å². The van der Waals surface area contributed by atoms with Crippen molar-refractivity contribution in [2.75, 3.05) is 24.8 Å². The van der Waals surface area contributed by atoms with E-state index < -0.39 is 0 Å². The summed E-state index contributed by atoms with van der Waals surface area (Å²) >= 11 is 2.78. The zero-order chi connectivity index (χ0) is 30.2. The molecule has 3 aromatic carbocycles. The van der Waals surface area contributed by atoms with Crippen molar-refractivity contribution < 1.29 is 14.3 Å². The SMILES string of the molecule is CCOc1ccc(-c2csc(NC(=O)CCSc3nc(-c4ccc(OC)cc4)cc(-c4ccc(C)cc4)c3C#N)n2)cc1. The second-order valence-corrected chi connectivity index (χ2v) is 11.5. The molecule has 0 saturated heterocycles. The standard InChI is InChI=1S/C34H30N4O3S2/c1-4-41-27-15-11-25(12-16-27)31-21-43-34(37-31)38-32(39)17-18-42-33-29(20-35)28(23-7-5-22(2)6-8-23)19-30(36-33)24-9-13-26(40-3)14-10-24/h5-16,19,21H,4,17-18H2,1-3H3,(H,37,38,39). The molecule has 5 aromatic rings. The lowest BCUT2D eigenvalue weighted by Crippen LogP contribution is -2.12. The number of aryl methyl sites for hydroxylation is 1. The van der Waals surface area contributed by atoms with E-state index in [9.17, 15) is 10.1 Å². The zero-order valence-electron chi connectivity index (χ0n) is 24.1. The molecule has 2 aromatic heterocycles. The number of ether oxygens (including phenoxy) is 2. The maximum Gasteiger partial charge on any atom is 0.226 e. The molecule has 0 aliphatic heterocycles. The third-order valence-corrected chi connectivity index (χ3v) is 8.36. The van der Waals surface area contributed by atoms with E-state index in [1.165, 1.54) is 23.1 Å². The van der Waals surface area contributed by atoms with E-state index in [0.717, 1.165) is 50.7 Å². The fraction of sp³-hybridized carbons (Fsp3) is 0.176. The lowest BCUT2D eigenvalue weighted by molar-refractivity contribution is -0.115. The molecule has 0 saturated carbocycles. The van der Waals surface area contributed by atoms with E-state index in [2.05, 4.69) is 16.4 Å². The number of nitriles is 1. The number of anilines is 1. The summed E-state index contributed by atoms with van der Waals surface area (Å²) in [4.78, 5) is 22.2. The van der Waals surface area contributed by atoms with Gasteiger partial charge in [0.15, 0.2) is 5.13 Å². The topological polar surface area (TPSA) is 97.1 Å². The largest absolute Gasteiger partial charge is 0.497 e. The molecule has 0 radical (unpaired) electrons. The van der Waals surface area contributed by atoms with Crippen LogP contribution in [0.1, 0.15) is 24.5 Å². The van der Waals surface area contributed by atoms with Gasteiger partial charge in [0.25, 0.3) is 0 Å². The van der Waals surface area contributed by atoms with Gasteiger partial charge in [-0.3, -0.25) is 4.79 Å². The van der Waals surface area contributed by atoms with Crippen LogP contribution in [0.15, 0.2) is 89.3 Å². The molecule has 0 fully saturated rings. The van der Waals surface area contributed by atoms with E-state index in [0.29, 0.717) is 28.1 Å². The van der Waals surface area contributed by atoms with Crippen molar-refractivity contribution in [1.82, 2.24) is 9.97 Å². The van der Waals surface area contributed by atoms with Crippen LogP contribution in [0.25, 0.3) is 33.6 Å². The maximum atomic E-state index is 12.8. The summed E-state index contributed by atoms with van der Waals surface area (Å²) in [5, 5.41) is 16.1. The number of pyridine rings is 1. The van der Waals surface area contributed by atoms with Crippen LogP contribution in [0.4, 0.5) is 5.13 Å². The number of benzene rings is 3. The Morgan fingerprint density at radius 3 is 2.23 bits per heavy atom. The minimum absolute atomic E-state index is 0.149. The van der Waals surface area contributed by atoms with Gasteiger partial charge in [-0.1, -0.05) is 29.8 Å². The van der Waals surface area contributed by atoms with E-state index in [1.54, 1.807) is 7.11 Å². The molecule has 5 rings (SSSR count). The lowest BCUT2D eigenvalue weighted by atomic mass is 9.98. The van der Waals surface area contributed by atoms with Gasteiger partial charge >= 0.3 is 0 Å². The van der Waals surface area contributed by atoms with Crippen LogP contribution in [-0.2, 0) is 4.79 Å². The van der Waals surface area contributed by atoms with Gasteiger partial charge in [-0.25, -0.2) is 9.97 Å². The smallest absolute Gasteiger partial charge is 0.226 e. The summed E-state index contributed by atoms with van der Waals surface area (Å²) < 4.78 is 10.8. The number of methoxy groups -OCH3 is 1. The quantitative estimate of drug-likeness (QED) is 0.151. The summed E-state index contributed by atoms with van der Waals surface area (Å²) in [6.45, 7) is 4.59. The Morgan fingerprint density at radius 2 is 1.58 bits per heavy atom. The molecule has 0 aliphatic carbocycles. The summed E-state index contributed by atoms with van der Waals surface area (Å²) in [5.41, 5.74) is 6.77. The first-order valence-corrected chi connectivity index (χ1v) is 15.6. The first-order valence-electron chi connectivity index (χ1n) is 13.8. The fourth-order valence-electron chi connectivity index (χ4n) is 4.38. The first-order chi connectivity index (χ1) is 21.0. The Bertz CT molecular complexity index is 1740. The molecule has 0 atom stereocenters. The molecular weight excluding hydrogens is 577 g/mol. The average molecular weight is 607 g/mol. The van der Waals surface area contributed by atoms with Crippen molar-refractivity contribution in [2.45, 2.75) is 25.3 Å². The Hall–Kier alpha value is -4.65. The van der Waals surface area contributed by atoms with E-state index in [1.807, 2.05) is 98.1 Å². The van der Waals surface area contributed by atoms with Crippen LogP contribution < -0.4 is 14.8 Å². The summed E-state index contributed by atoms with van der Waals surface area (Å²) in [5.74, 6) is 1.86. The predicted molar refractivity (Wildman–Crippen MR) is 174 cm³/mol. The van der Waals surface area contributed by atoms with Crippen molar-refractivity contribution in [2.24, 2.45) is 0 Å². The normalized spacial score (nSPS) is 10.7. The summed E-state index contributed by atoms with van der Waals surface area (Å²) in [6, 6.07) is 27.8. The molecule has 1 N–H and O–H groups in total. The van der Waals surface area contributed by atoms with Gasteiger partial charge in [-0.05, 0) is 74.0 Å². The highest BCUT2D eigenvalue weighted by molar-refractivity contribution is 7.99. The van der Waals surface area contributed by atoms with Crippen molar-refractivity contribution in [3.05, 3.63) is 95.4 Å². The minimum Gasteiger partial charge on any atom is -0.497 e. The molecule has 0 aliphatic rings. The van der Waals surface area contributed by atoms with Gasteiger partial charge in [0.05, 0.1) is 30.7 Å². The van der Waals surface area contributed by atoms with Gasteiger partial charge < -0.3 is 14.8 Å². The average Bonchev–Trinajstić information content (AvgIpc) is 3.50. The number of nitrogens with zero attached hydrogens (tertiary/aromatic N) is 3. The van der Waals surface area contributed by atoms with Crippen LogP contribution in [0.5, 0.6) is 11.5 Å². The monoisotopic (exact) mass is 606 g/mol. The van der Waals surface area contributed by atoms with Crippen molar-refractivity contribution >= 4 is 34.1 Å². The number of carbonyl (C=O) groups excluding carboxylic acids is 1. The Kier molecular flexibility index (Phi) is 9.72.